The highest BCUT2D eigenvalue weighted by Crippen LogP contribution is 2.28. The van der Waals surface area contributed by atoms with Crippen LogP contribution in [0.2, 0.25) is 0 Å². The average Bonchev–Trinajstić information content (AvgIpc) is 2.99. The van der Waals surface area contributed by atoms with Gasteiger partial charge >= 0.3 is 0 Å². The highest BCUT2D eigenvalue weighted by atomic mass is 32.1. The topological polar surface area (TPSA) is 30.9 Å². The first kappa shape index (κ1) is 11.7. The number of hydrogen-bond acceptors (Lipinski definition) is 1. The maximum Gasteiger partial charge on any atom is 0.104 e. The van der Waals surface area contributed by atoms with Crippen molar-refractivity contribution in [3.63, 3.8) is 0 Å². The average molecular weight is 258 g/mol. The molecule has 2 N–H and O–H groups in total. The van der Waals surface area contributed by atoms with Crippen LogP contribution < -0.4 is 5.73 Å². The Morgan fingerprint density at radius 3 is 2.78 bits per heavy atom. The molecule has 0 saturated heterocycles. The fraction of sp³-hybridized carbons (Fsp3) is 0.400. The first-order valence-corrected chi connectivity index (χ1v) is 7.03. The van der Waals surface area contributed by atoms with Gasteiger partial charge in [0.15, 0.2) is 0 Å². The van der Waals surface area contributed by atoms with E-state index < -0.39 is 0 Å². The van der Waals surface area contributed by atoms with E-state index in [9.17, 15) is 0 Å². The van der Waals surface area contributed by atoms with Crippen LogP contribution in [0.25, 0.3) is 10.9 Å². The number of rotatable bonds is 3. The zero-order chi connectivity index (χ0) is 12.5. The van der Waals surface area contributed by atoms with Crippen molar-refractivity contribution in [2.45, 2.75) is 32.2 Å². The number of nitrogens with zero attached hydrogens (tertiary/aromatic N) is 1. The molecule has 2 nitrogen and oxygen atoms in total. The van der Waals surface area contributed by atoms with Crippen LogP contribution in [0.3, 0.4) is 0 Å². The van der Waals surface area contributed by atoms with E-state index in [2.05, 4.69) is 29.0 Å². The van der Waals surface area contributed by atoms with E-state index in [-0.39, 0.29) is 0 Å². The summed E-state index contributed by atoms with van der Waals surface area (Å²) in [7, 11) is 0. The van der Waals surface area contributed by atoms with Crippen LogP contribution in [0, 0.1) is 5.92 Å². The van der Waals surface area contributed by atoms with Crippen molar-refractivity contribution in [2.24, 2.45) is 11.7 Å². The van der Waals surface area contributed by atoms with Gasteiger partial charge in [-0.2, -0.15) is 0 Å². The number of aromatic nitrogens is 1. The Hall–Kier alpha value is -1.35. The lowest BCUT2D eigenvalue weighted by Gasteiger charge is -2.11. The van der Waals surface area contributed by atoms with Gasteiger partial charge in [-0.1, -0.05) is 25.1 Å². The van der Waals surface area contributed by atoms with Crippen LogP contribution in [0.4, 0.5) is 0 Å². The van der Waals surface area contributed by atoms with Gasteiger partial charge in [0.05, 0.1) is 0 Å². The van der Waals surface area contributed by atoms with Crippen LogP contribution in [-0.4, -0.2) is 9.56 Å². The minimum absolute atomic E-state index is 0.473. The summed E-state index contributed by atoms with van der Waals surface area (Å²) < 4.78 is 2.37. The van der Waals surface area contributed by atoms with E-state index >= 15 is 0 Å². The number of thiocarbonyl (C=S) groups is 1. The van der Waals surface area contributed by atoms with Gasteiger partial charge in [0.25, 0.3) is 0 Å². The molecule has 0 atom stereocenters. The van der Waals surface area contributed by atoms with Crippen molar-refractivity contribution < 1.29 is 0 Å². The molecule has 94 valence electrons. The molecule has 1 fully saturated rings. The molecule has 1 aliphatic rings. The lowest BCUT2D eigenvalue weighted by Crippen LogP contribution is -2.09. The van der Waals surface area contributed by atoms with Gasteiger partial charge in [-0.25, -0.2) is 0 Å². The predicted molar refractivity (Wildman–Crippen MR) is 79.8 cm³/mol. The summed E-state index contributed by atoms with van der Waals surface area (Å²) in [5.74, 6) is 0.857. The zero-order valence-corrected chi connectivity index (χ0v) is 11.2. The lowest BCUT2D eigenvalue weighted by molar-refractivity contribution is 0.466. The first-order chi connectivity index (χ1) is 8.74. The van der Waals surface area contributed by atoms with Crippen LogP contribution in [0.15, 0.2) is 30.5 Å². The number of nitrogens with two attached hydrogens (primary N) is 1. The Balaban J connectivity index is 1.91. The van der Waals surface area contributed by atoms with Crippen LogP contribution >= 0.6 is 12.2 Å². The van der Waals surface area contributed by atoms with Crippen molar-refractivity contribution in [3.8, 4) is 0 Å². The molecular formula is C15H18N2S. The molecule has 1 aromatic heterocycles. The predicted octanol–water partition coefficient (Wildman–Crippen LogP) is 3.47. The summed E-state index contributed by atoms with van der Waals surface area (Å²) in [5, 5.41) is 1.23. The second-order valence-electron chi connectivity index (χ2n) is 5.26. The molecule has 3 heteroatoms. The third-order valence-electron chi connectivity index (χ3n) is 3.99. The molecule has 0 aliphatic heterocycles. The van der Waals surface area contributed by atoms with E-state index in [1.54, 1.807) is 0 Å². The summed E-state index contributed by atoms with van der Waals surface area (Å²) in [6.07, 6.45) is 7.74. The number of fused-ring (bicyclic) bond motifs is 1. The summed E-state index contributed by atoms with van der Waals surface area (Å²) >= 11 is 5.02. The Kier molecular flexibility index (Phi) is 3.08. The summed E-state index contributed by atoms with van der Waals surface area (Å²) in [6.45, 7) is 1.15. The van der Waals surface area contributed by atoms with Crippen LogP contribution in [0.1, 0.15) is 31.2 Å². The molecule has 0 radical (unpaired) electrons. The van der Waals surface area contributed by atoms with Gasteiger partial charge in [-0.05, 0) is 43.0 Å². The van der Waals surface area contributed by atoms with E-state index in [1.165, 1.54) is 36.6 Å². The van der Waals surface area contributed by atoms with Gasteiger partial charge in [0, 0.05) is 29.2 Å². The molecule has 2 aromatic rings. The zero-order valence-electron chi connectivity index (χ0n) is 10.4. The first-order valence-electron chi connectivity index (χ1n) is 6.63. The quantitative estimate of drug-likeness (QED) is 0.855. The normalized spacial score (nSPS) is 16.4. The van der Waals surface area contributed by atoms with E-state index in [0.717, 1.165) is 18.0 Å². The fourth-order valence-electron chi connectivity index (χ4n) is 2.98. The van der Waals surface area contributed by atoms with Gasteiger partial charge in [-0.15, -0.1) is 0 Å². The summed E-state index contributed by atoms with van der Waals surface area (Å²) in [6, 6.07) is 8.41. The van der Waals surface area contributed by atoms with Crippen molar-refractivity contribution in [1.29, 1.82) is 0 Å². The fourth-order valence-corrected chi connectivity index (χ4v) is 3.11. The molecule has 0 bridgehead atoms. The highest BCUT2D eigenvalue weighted by Gasteiger charge is 2.16. The molecule has 0 amide bonds. The Labute approximate surface area is 113 Å². The molecule has 0 unspecified atom stereocenters. The van der Waals surface area contributed by atoms with E-state index in [0.29, 0.717) is 4.99 Å². The lowest BCUT2D eigenvalue weighted by atomic mass is 10.1. The Bertz CT molecular complexity index is 579. The Morgan fingerprint density at radius 2 is 2.06 bits per heavy atom. The minimum atomic E-state index is 0.473. The smallest absolute Gasteiger partial charge is 0.104 e. The molecule has 1 heterocycles. The third kappa shape index (κ3) is 2.15. The van der Waals surface area contributed by atoms with Gasteiger partial charge in [-0.3, -0.25) is 0 Å². The second kappa shape index (κ2) is 4.73. The van der Waals surface area contributed by atoms with Crippen LogP contribution in [-0.2, 0) is 6.54 Å². The molecule has 0 spiro atoms. The van der Waals surface area contributed by atoms with Crippen molar-refractivity contribution in [1.82, 2.24) is 4.57 Å². The van der Waals surface area contributed by atoms with Crippen molar-refractivity contribution in [3.05, 3.63) is 36.0 Å². The number of benzene rings is 1. The Morgan fingerprint density at radius 1 is 1.28 bits per heavy atom. The molecular weight excluding hydrogens is 240 g/mol. The maximum absolute atomic E-state index is 5.67. The van der Waals surface area contributed by atoms with E-state index in [1.807, 2.05) is 6.07 Å². The molecule has 1 aliphatic carbocycles. The SMILES string of the molecule is NC(=S)c1ccc2c(ccn2CC2CCCC2)c1. The maximum atomic E-state index is 5.67. The number of hydrogen-bond donors (Lipinski definition) is 1. The minimum Gasteiger partial charge on any atom is -0.389 e. The monoisotopic (exact) mass is 258 g/mol. The van der Waals surface area contributed by atoms with Crippen molar-refractivity contribution >= 4 is 28.1 Å². The molecule has 1 aromatic carbocycles. The summed E-state index contributed by atoms with van der Waals surface area (Å²) in [5.41, 5.74) is 7.92. The van der Waals surface area contributed by atoms with Crippen LogP contribution in [0.5, 0.6) is 0 Å². The van der Waals surface area contributed by atoms with Gasteiger partial charge < -0.3 is 10.3 Å². The molecule has 1 saturated carbocycles. The van der Waals surface area contributed by atoms with Gasteiger partial charge in [0.2, 0.25) is 0 Å². The van der Waals surface area contributed by atoms with Gasteiger partial charge in [0.1, 0.15) is 4.99 Å². The molecule has 3 rings (SSSR count). The highest BCUT2D eigenvalue weighted by molar-refractivity contribution is 7.80. The summed E-state index contributed by atoms with van der Waals surface area (Å²) in [4.78, 5) is 0.473. The molecule has 18 heavy (non-hydrogen) atoms. The van der Waals surface area contributed by atoms with Crippen molar-refractivity contribution in [2.75, 3.05) is 0 Å². The third-order valence-corrected chi connectivity index (χ3v) is 4.22. The second-order valence-corrected chi connectivity index (χ2v) is 5.70. The largest absolute Gasteiger partial charge is 0.389 e. The standard InChI is InChI=1S/C15H18N2S/c16-15(18)13-5-6-14-12(9-13)7-8-17(14)10-11-3-1-2-4-11/h5-9,11H,1-4,10H2,(H2,16,18). The van der Waals surface area contributed by atoms with E-state index in [4.69, 9.17) is 18.0 Å².